The Kier molecular flexibility index (Phi) is 6.37. The number of pyridine rings is 1. The third kappa shape index (κ3) is 4.77. The van der Waals surface area contributed by atoms with E-state index in [1.807, 2.05) is 59.5 Å². The second-order valence-corrected chi connectivity index (χ2v) is 8.78. The predicted octanol–water partition coefficient (Wildman–Crippen LogP) is 3.67. The number of para-hydroxylation sites is 1. The summed E-state index contributed by atoms with van der Waals surface area (Å²) in [5, 5.41) is 6.94. The van der Waals surface area contributed by atoms with E-state index in [9.17, 15) is 4.79 Å². The summed E-state index contributed by atoms with van der Waals surface area (Å²) in [5.41, 5.74) is 2.74. The van der Waals surface area contributed by atoms with Gasteiger partial charge in [0.2, 0.25) is 5.91 Å². The number of carbonyl (C=O) groups excluding carboxylic acids is 1. The van der Waals surface area contributed by atoms with E-state index < -0.39 is 0 Å². The van der Waals surface area contributed by atoms with Crippen molar-refractivity contribution < 1.29 is 9.53 Å². The van der Waals surface area contributed by atoms with E-state index >= 15 is 0 Å². The number of hydrogen-bond donors (Lipinski definition) is 2. The van der Waals surface area contributed by atoms with Crippen LogP contribution < -0.4 is 10.6 Å². The number of nitrogens with zero attached hydrogens (tertiary/aromatic N) is 3. The van der Waals surface area contributed by atoms with Gasteiger partial charge in [0, 0.05) is 36.9 Å². The number of rotatable bonds is 7. The Labute approximate surface area is 198 Å². The third-order valence-electron chi connectivity index (χ3n) is 6.16. The van der Waals surface area contributed by atoms with Crippen molar-refractivity contribution in [1.29, 1.82) is 0 Å². The molecule has 2 aromatic heterocycles. The standard InChI is InChI=1S/C25H27N5O2S/c31-22(27-18-8-2-1-3-9-18)17-30-24(23(28-25(30)33)20-11-4-5-13-26-20)21-12-6-14-29(21)16-19-10-7-15-32-19/h1-6,8-9,11-14,19,23-24H,7,10,15-17H2,(H,27,31)(H,28,33)/t19-,23-,24+/m1/s1. The molecule has 3 aromatic rings. The van der Waals surface area contributed by atoms with Gasteiger partial charge in [-0.2, -0.15) is 0 Å². The lowest BCUT2D eigenvalue weighted by Gasteiger charge is -2.29. The van der Waals surface area contributed by atoms with Crippen LogP contribution in [0, 0.1) is 0 Å². The van der Waals surface area contributed by atoms with Crippen LogP contribution in [0.2, 0.25) is 0 Å². The maximum Gasteiger partial charge on any atom is 0.244 e. The fraction of sp³-hybridized carbons (Fsp3) is 0.320. The number of thiocarbonyl (C=S) groups is 1. The Bertz CT molecular complexity index is 1100. The van der Waals surface area contributed by atoms with E-state index in [0.717, 1.165) is 43.1 Å². The predicted molar refractivity (Wildman–Crippen MR) is 131 cm³/mol. The number of aromatic nitrogens is 2. The normalized spacial score (nSPS) is 22.4. The van der Waals surface area contributed by atoms with Crippen molar-refractivity contribution in [3.63, 3.8) is 0 Å². The summed E-state index contributed by atoms with van der Waals surface area (Å²) in [5.74, 6) is -0.116. The van der Waals surface area contributed by atoms with Crippen LogP contribution >= 0.6 is 12.2 Å². The molecular weight excluding hydrogens is 434 g/mol. The fourth-order valence-electron chi connectivity index (χ4n) is 4.64. The second kappa shape index (κ2) is 9.72. The van der Waals surface area contributed by atoms with Crippen molar-refractivity contribution >= 4 is 28.9 Å². The minimum absolute atomic E-state index is 0.116. The number of carbonyl (C=O) groups is 1. The molecule has 33 heavy (non-hydrogen) atoms. The van der Waals surface area contributed by atoms with Gasteiger partial charge in [-0.25, -0.2) is 0 Å². The van der Waals surface area contributed by atoms with E-state index in [1.54, 1.807) is 6.20 Å². The SMILES string of the molecule is O=C(CN1C(=S)N[C@H](c2ccccn2)[C@@H]1c1cccn1C[C@H]1CCCO1)Nc1ccccc1. The van der Waals surface area contributed by atoms with Crippen molar-refractivity contribution in [1.82, 2.24) is 19.8 Å². The van der Waals surface area contributed by atoms with Crippen LogP contribution in [0.5, 0.6) is 0 Å². The first kappa shape index (κ1) is 21.6. The van der Waals surface area contributed by atoms with Gasteiger partial charge >= 0.3 is 0 Å². The topological polar surface area (TPSA) is 71.4 Å². The molecule has 0 bridgehead atoms. The zero-order chi connectivity index (χ0) is 22.6. The van der Waals surface area contributed by atoms with Gasteiger partial charge in [0.05, 0.1) is 23.9 Å². The quantitative estimate of drug-likeness (QED) is 0.523. The first-order chi connectivity index (χ1) is 16.2. The highest BCUT2D eigenvalue weighted by atomic mass is 32.1. The largest absolute Gasteiger partial charge is 0.376 e. The minimum atomic E-state index is -0.176. The van der Waals surface area contributed by atoms with E-state index in [-0.39, 0.29) is 30.6 Å². The van der Waals surface area contributed by atoms with E-state index in [4.69, 9.17) is 17.0 Å². The number of benzene rings is 1. The Morgan fingerprint density at radius 3 is 2.76 bits per heavy atom. The molecule has 4 heterocycles. The van der Waals surface area contributed by atoms with Crippen LogP contribution in [0.15, 0.2) is 73.1 Å². The summed E-state index contributed by atoms with van der Waals surface area (Å²) in [6, 6.07) is 19.1. The maximum absolute atomic E-state index is 13.0. The van der Waals surface area contributed by atoms with Crippen LogP contribution in [0.3, 0.4) is 0 Å². The number of nitrogens with one attached hydrogen (secondary N) is 2. The average molecular weight is 462 g/mol. The summed E-state index contributed by atoms with van der Waals surface area (Å²) in [6.07, 6.45) is 6.23. The van der Waals surface area contributed by atoms with Gasteiger partial charge in [0.15, 0.2) is 5.11 Å². The first-order valence-electron chi connectivity index (χ1n) is 11.3. The van der Waals surface area contributed by atoms with Gasteiger partial charge in [-0.1, -0.05) is 24.3 Å². The molecule has 3 atom stereocenters. The molecule has 170 valence electrons. The molecule has 2 N–H and O–H groups in total. The number of ether oxygens (including phenoxy) is 1. The van der Waals surface area contributed by atoms with Crippen molar-refractivity contribution in [2.75, 3.05) is 18.5 Å². The number of hydrogen-bond acceptors (Lipinski definition) is 4. The Morgan fingerprint density at radius 1 is 1.15 bits per heavy atom. The van der Waals surface area contributed by atoms with Crippen LogP contribution in [-0.2, 0) is 16.1 Å². The van der Waals surface area contributed by atoms with Crippen molar-refractivity contribution in [2.45, 2.75) is 37.6 Å². The average Bonchev–Trinajstić information content (AvgIpc) is 3.57. The molecule has 2 aliphatic heterocycles. The number of amides is 1. The van der Waals surface area contributed by atoms with Crippen molar-refractivity contribution in [3.05, 3.63) is 84.4 Å². The Balaban J connectivity index is 1.44. The summed E-state index contributed by atoms with van der Waals surface area (Å²) in [4.78, 5) is 19.5. The summed E-state index contributed by atoms with van der Waals surface area (Å²) in [6.45, 7) is 1.74. The third-order valence-corrected chi connectivity index (χ3v) is 6.51. The van der Waals surface area contributed by atoms with Crippen molar-refractivity contribution in [2.24, 2.45) is 0 Å². The van der Waals surface area contributed by atoms with Gasteiger partial charge in [0.1, 0.15) is 6.54 Å². The monoisotopic (exact) mass is 461 g/mol. The number of anilines is 1. The molecule has 2 aliphatic rings. The van der Waals surface area contributed by atoms with Crippen molar-refractivity contribution in [3.8, 4) is 0 Å². The minimum Gasteiger partial charge on any atom is -0.376 e. The molecule has 0 spiro atoms. The Morgan fingerprint density at radius 2 is 2.00 bits per heavy atom. The van der Waals surface area contributed by atoms with E-state index in [1.165, 1.54) is 0 Å². The van der Waals surface area contributed by atoms with E-state index in [2.05, 4.69) is 32.4 Å². The van der Waals surface area contributed by atoms with Gasteiger partial charge < -0.3 is 24.8 Å². The molecule has 0 radical (unpaired) electrons. The maximum atomic E-state index is 13.0. The second-order valence-electron chi connectivity index (χ2n) is 8.39. The lowest BCUT2D eigenvalue weighted by molar-refractivity contribution is -0.116. The molecule has 2 fully saturated rings. The molecule has 0 aliphatic carbocycles. The first-order valence-corrected chi connectivity index (χ1v) is 11.7. The lowest BCUT2D eigenvalue weighted by atomic mass is 10.0. The molecule has 1 amide bonds. The zero-order valence-corrected chi connectivity index (χ0v) is 19.1. The molecule has 5 rings (SSSR count). The van der Waals surface area contributed by atoms with Gasteiger partial charge in [-0.15, -0.1) is 0 Å². The highest BCUT2D eigenvalue weighted by Gasteiger charge is 2.42. The smallest absolute Gasteiger partial charge is 0.244 e. The van der Waals surface area contributed by atoms with Crippen LogP contribution in [0.4, 0.5) is 5.69 Å². The highest BCUT2D eigenvalue weighted by Crippen LogP contribution is 2.39. The van der Waals surface area contributed by atoms with Crippen LogP contribution in [0.1, 0.15) is 36.3 Å². The molecule has 0 saturated carbocycles. The summed E-state index contributed by atoms with van der Waals surface area (Å²) in [7, 11) is 0. The van der Waals surface area contributed by atoms with Crippen LogP contribution in [-0.4, -0.2) is 44.7 Å². The fourth-order valence-corrected chi connectivity index (χ4v) is 4.95. The molecular formula is C25H27N5O2S. The van der Waals surface area contributed by atoms with Crippen LogP contribution in [0.25, 0.3) is 0 Å². The van der Waals surface area contributed by atoms with E-state index in [0.29, 0.717) is 5.11 Å². The summed E-state index contributed by atoms with van der Waals surface area (Å²) < 4.78 is 8.11. The molecule has 2 saturated heterocycles. The molecule has 8 heteroatoms. The molecule has 1 aromatic carbocycles. The molecule has 0 unspecified atom stereocenters. The van der Waals surface area contributed by atoms with Gasteiger partial charge in [-0.05, 0) is 61.5 Å². The highest BCUT2D eigenvalue weighted by molar-refractivity contribution is 7.80. The lowest BCUT2D eigenvalue weighted by Crippen LogP contribution is -2.37. The summed E-state index contributed by atoms with van der Waals surface area (Å²) >= 11 is 5.71. The Hall–Kier alpha value is -3.23. The van der Waals surface area contributed by atoms with Gasteiger partial charge in [-0.3, -0.25) is 9.78 Å². The van der Waals surface area contributed by atoms with Gasteiger partial charge in [0.25, 0.3) is 0 Å². The zero-order valence-electron chi connectivity index (χ0n) is 18.3. The molecule has 7 nitrogen and oxygen atoms in total.